The molecule has 2 aliphatic heterocycles. The number of morpholine rings is 1. The van der Waals surface area contributed by atoms with Crippen LogP contribution in [0, 0.1) is 6.92 Å². The minimum absolute atomic E-state index is 0.0672. The molecule has 0 saturated carbocycles. The van der Waals surface area contributed by atoms with Gasteiger partial charge in [0.2, 0.25) is 0 Å². The fourth-order valence-corrected chi connectivity index (χ4v) is 3.83. The van der Waals surface area contributed by atoms with Gasteiger partial charge in [-0.3, -0.25) is 14.5 Å². The molecule has 1 atom stereocenters. The van der Waals surface area contributed by atoms with Gasteiger partial charge in [-0.15, -0.1) is 0 Å². The average molecular weight is 396 g/mol. The van der Waals surface area contributed by atoms with Gasteiger partial charge in [0.1, 0.15) is 23.3 Å². The molecular formula is C22H24N2O5. The summed E-state index contributed by atoms with van der Waals surface area (Å²) in [5, 5.41) is 10.9. The number of aliphatic hydroxyl groups is 1. The Hall–Kier alpha value is -2.90. The standard InChI is InChI=1S/C22H24N2O5/c1-15-7-8-17(29-15)19-18(20(25)16-5-3-2-4-6-16)21(26)22(27)24(19)10-9-23-11-13-28-14-12-23/h2-8,19,25H,9-14H2,1H3/b20-18+/t19-/m1/s1. The van der Waals surface area contributed by atoms with Crippen molar-refractivity contribution in [3.63, 3.8) is 0 Å². The number of ether oxygens (including phenoxy) is 1. The summed E-state index contributed by atoms with van der Waals surface area (Å²) in [6.07, 6.45) is 0. The molecule has 0 spiro atoms. The second-order valence-corrected chi connectivity index (χ2v) is 7.26. The van der Waals surface area contributed by atoms with E-state index in [0.29, 0.717) is 43.4 Å². The lowest BCUT2D eigenvalue weighted by atomic mass is 9.99. The first-order chi connectivity index (χ1) is 14.1. The molecule has 7 heteroatoms. The second kappa shape index (κ2) is 8.23. The molecule has 2 aromatic rings. The zero-order chi connectivity index (χ0) is 20.4. The summed E-state index contributed by atoms with van der Waals surface area (Å²) in [7, 11) is 0. The molecule has 7 nitrogen and oxygen atoms in total. The van der Waals surface area contributed by atoms with Crippen LogP contribution in [0.5, 0.6) is 0 Å². The quantitative estimate of drug-likeness (QED) is 0.475. The molecule has 1 aromatic heterocycles. The van der Waals surface area contributed by atoms with Crippen LogP contribution in [0.1, 0.15) is 23.1 Å². The lowest BCUT2D eigenvalue weighted by Gasteiger charge is -2.30. The summed E-state index contributed by atoms with van der Waals surface area (Å²) >= 11 is 0. The van der Waals surface area contributed by atoms with E-state index in [1.54, 1.807) is 43.3 Å². The predicted octanol–water partition coefficient (Wildman–Crippen LogP) is 2.34. The second-order valence-electron chi connectivity index (χ2n) is 7.26. The van der Waals surface area contributed by atoms with E-state index in [4.69, 9.17) is 9.15 Å². The number of carbonyl (C=O) groups excluding carboxylic acids is 2. The van der Waals surface area contributed by atoms with Gasteiger partial charge in [0.25, 0.3) is 11.7 Å². The maximum absolute atomic E-state index is 12.9. The van der Waals surface area contributed by atoms with E-state index in [0.717, 1.165) is 13.1 Å². The van der Waals surface area contributed by atoms with Gasteiger partial charge in [0.15, 0.2) is 0 Å². The van der Waals surface area contributed by atoms with Crippen molar-refractivity contribution >= 4 is 17.4 Å². The van der Waals surface area contributed by atoms with Gasteiger partial charge in [0, 0.05) is 31.7 Å². The SMILES string of the molecule is Cc1ccc([C@@H]2/C(=C(\O)c3ccccc3)C(=O)C(=O)N2CCN2CCOCC2)o1. The highest BCUT2D eigenvalue weighted by atomic mass is 16.5. The molecule has 0 aliphatic carbocycles. The van der Waals surface area contributed by atoms with Crippen molar-refractivity contribution in [3.05, 3.63) is 65.1 Å². The van der Waals surface area contributed by atoms with Crippen LogP contribution in [-0.2, 0) is 14.3 Å². The van der Waals surface area contributed by atoms with Crippen LogP contribution in [-0.4, -0.2) is 66.0 Å². The highest BCUT2D eigenvalue weighted by Crippen LogP contribution is 2.39. The number of amides is 1. The smallest absolute Gasteiger partial charge is 0.295 e. The Kier molecular flexibility index (Phi) is 5.51. The third kappa shape index (κ3) is 3.83. The molecule has 29 heavy (non-hydrogen) atoms. The van der Waals surface area contributed by atoms with Gasteiger partial charge in [-0.2, -0.15) is 0 Å². The summed E-state index contributed by atoms with van der Waals surface area (Å²) in [5.41, 5.74) is 0.560. The van der Waals surface area contributed by atoms with Crippen molar-refractivity contribution in [3.8, 4) is 0 Å². The Labute approximate surface area is 169 Å². The lowest BCUT2D eigenvalue weighted by Crippen LogP contribution is -2.42. The number of hydrogen-bond acceptors (Lipinski definition) is 6. The topological polar surface area (TPSA) is 83.2 Å². The van der Waals surface area contributed by atoms with E-state index in [1.807, 2.05) is 6.07 Å². The van der Waals surface area contributed by atoms with Crippen molar-refractivity contribution in [2.45, 2.75) is 13.0 Å². The molecule has 1 amide bonds. The van der Waals surface area contributed by atoms with Crippen LogP contribution in [0.25, 0.3) is 5.76 Å². The third-order valence-electron chi connectivity index (χ3n) is 5.38. The van der Waals surface area contributed by atoms with Crippen LogP contribution < -0.4 is 0 Å². The number of carbonyl (C=O) groups is 2. The van der Waals surface area contributed by atoms with Gasteiger partial charge < -0.3 is 19.2 Å². The Bertz CT molecular complexity index is 928. The van der Waals surface area contributed by atoms with Crippen LogP contribution in [0.3, 0.4) is 0 Å². The summed E-state index contributed by atoms with van der Waals surface area (Å²) in [4.78, 5) is 29.5. The van der Waals surface area contributed by atoms with E-state index in [2.05, 4.69) is 4.90 Å². The fourth-order valence-electron chi connectivity index (χ4n) is 3.83. The molecule has 152 valence electrons. The van der Waals surface area contributed by atoms with Gasteiger partial charge in [-0.05, 0) is 19.1 Å². The van der Waals surface area contributed by atoms with E-state index >= 15 is 0 Å². The number of furan rings is 1. The van der Waals surface area contributed by atoms with Crippen molar-refractivity contribution < 1.29 is 23.8 Å². The van der Waals surface area contributed by atoms with Crippen molar-refractivity contribution in [1.29, 1.82) is 0 Å². The molecular weight excluding hydrogens is 372 g/mol. The Morgan fingerprint density at radius 3 is 2.45 bits per heavy atom. The first-order valence-electron chi connectivity index (χ1n) is 9.76. The van der Waals surface area contributed by atoms with E-state index < -0.39 is 17.7 Å². The monoisotopic (exact) mass is 396 g/mol. The number of benzene rings is 1. The van der Waals surface area contributed by atoms with Crippen LogP contribution in [0.4, 0.5) is 0 Å². The van der Waals surface area contributed by atoms with E-state index in [1.165, 1.54) is 4.90 Å². The molecule has 2 aliphatic rings. The normalized spacial score (nSPS) is 22.4. The largest absolute Gasteiger partial charge is 0.507 e. The maximum atomic E-state index is 12.9. The minimum atomic E-state index is -0.745. The van der Waals surface area contributed by atoms with E-state index in [9.17, 15) is 14.7 Å². The number of hydrogen-bond donors (Lipinski definition) is 1. The van der Waals surface area contributed by atoms with Crippen LogP contribution >= 0.6 is 0 Å². The van der Waals surface area contributed by atoms with Crippen molar-refractivity contribution in [1.82, 2.24) is 9.80 Å². The summed E-state index contributed by atoms with van der Waals surface area (Å²) in [6, 6.07) is 11.6. The first kappa shape index (κ1) is 19.4. The fraction of sp³-hybridized carbons (Fsp3) is 0.364. The highest BCUT2D eigenvalue weighted by molar-refractivity contribution is 6.46. The van der Waals surface area contributed by atoms with Gasteiger partial charge in [0.05, 0.1) is 18.8 Å². The molecule has 1 aromatic carbocycles. The molecule has 0 bridgehead atoms. The highest BCUT2D eigenvalue weighted by Gasteiger charge is 2.47. The molecule has 0 unspecified atom stereocenters. The number of likely N-dealkylation sites (tertiary alicyclic amines) is 1. The maximum Gasteiger partial charge on any atom is 0.295 e. The molecule has 4 rings (SSSR count). The summed E-state index contributed by atoms with van der Waals surface area (Å²) in [6.45, 7) is 5.69. The molecule has 1 N–H and O–H groups in total. The Morgan fingerprint density at radius 2 is 1.79 bits per heavy atom. The lowest BCUT2D eigenvalue weighted by molar-refractivity contribution is -0.140. The number of aliphatic hydroxyl groups excluding tert-OH is 1. The third-order valence-corrected chi connectivity index (χ3v) is 5.38. The van der Waals surface area contributed by atoms with Crippen LogP contribution in [0.2, 0.25) is 0 Å². The van der Waals surface area contributed by atoms with Crippen LogP contribution in [0.15, 0.2) is 52.5 Å². The van der Waals surface area contributed by atoms with Gasteiger partial charge in [-0.25, -0.2) is 0 Å². The Balaban J connectivity index is 1.70. The number of rotatable bonds is 5. The molecule has 0 radical (unpaired) electrons. The zero-order valence-corrected chi connectivity index (χ0v) is 16.3. The average Bonchev–Trinajstić information content (AvgIpc) is 3.28. The Morgan fingerprint density at radius 1 is 1.07 bits per heavy atom. The number of nitrogens with zero attached hydrogens (tertiary/aromatic N) is 2. The van der Waals surface area contributed by atoms with Gasteiger partial charge >= 0.3 is 0 Å². The first-order valence-corrected chi connectivity index (χ1v) is 9.76. The molecule has 2 saturated heterocycles. The summed E-state index contributed by atoms with van der Waals surface area (Å²) in [5.74, 6) is -0.335. The predicted molar refractivity (Wildman–Crippen MR) is 106 cm³/mol. The van der Waals surface area contributed by atoms with Crippen molar-refractivity contribution in [2.75, 3.05) is 39.4 Å². The molecule has 3 heterocycles. The van der Waals surface area contributed by atoms with Gasteiger partial charge in [-0.1, -0.05) is 30.3 Å². The zero-order valence-electron chi connectivity index (χ0n) is 16.3. The number of Topliss-reactive ketones (excluding diaryl/α,β-unsaturated/α-hetero) is 1. The minimum Gasteiger partial charge on any atom is -0.507 e. The molecule has 2 fully saturated rings. The summed E-state index contributed by atoms with van der Waals surface area (Å²) < 4.78 is 11.1. The number of aryl methyl sites for hydroxylation is 1. The van der Waals surface area contributed by atoms with E-state index in [-0.39, 0.29) is 11.3 Å². The number of ketones is 1. The van der Waals surface area contributed by atoms with Crippen molar-refractivity contribution in [2.24, 2.45) is 0 Å².